The van der Waals surface area contributed by atoms with E-state index in [0.717, 1.165) is 0 Å². The van der Waals surface area contributed by atoms with Crippen LogP contribution in [0.3, 0.4) is 0 Å². The molecule has 0 aliphatic carbocycles. The van der Waals surface area contributed by atoms with Crippen LogP contribution in [0.1, 0.15) is 6.92 Å². The average Bonchev–Trinajstić information content (AvgIpc) is 2.48. The lowest BCUT2D eigenvalue weighted by molar-refractivity contribution is -0.127. The molecule has 0 saturated heterocycles. The third-order valence-corrected chi connectivity index (χ3v) is 3.25. The van der Waals surface area contributed by atoms with E-state index in [1.807, 2.05) is 0 Å². The van der Waals surface area contributed by atoms with Crippen LogP contribution in [0.2, 0.25) is 10.0 Å². The molecule has 1 aromatic rings. The summed E-state index contributed by atoms with van der Waals surface area (Å²) < 4.78 is 10.3. The summed E-state index contributed by atoms with van der Waals surface area (Å²) in [7, 11) is 1.58. The van der Waals surface area contributed by atoms with Crippen molar-refractivity contribution in [3.05, 3.63) is 28.2 Å². The number of benzene rings is 1. The number of nitrogens with one attached hydrogen (secondary N) is 3. The van der Waals surface area contributed by atoms with Gasteiger partial charge in [-0.2, -0.15) is 0 Å². The van der Waals surface area contributed by atoms with Gasteiger partial charge in [0.1, 0.15) is 5.75 Å². The molecule has 6 nitrogen and oxygen atoms in total. The molecule has 1 atom stereocenters. The molecule has 1 rings (SSSR count). The van der Waals surface area contributed by atoms with Gasteiger partial charge in [-0.25, -0.2) is 0 Å². The summed E-state index contributed by atoms with van der Waals surface area (Å²) in [6.07, 6.45) is -0.787. The Morgan fingerprint density at radius 1 is 1.36 bits per heavy atom. The lowest BCUT2D eigenvalue weighted by Crippen LogP contribution is -2.50. The Morgan fingerprint density at radius 3 is 2.77 bits per heavy atom. The Balaban J connectivity index is 2.42. The van der Waals surface area contributed by atoms with Gasteiger partial charge in [-0.3, -0.25) is 15.6 Å². The zero-order valence-electron chi connectivity index (χ0n) is 12.1. The topological polar surface area (TPSA) is 71.6 Å². The first-order valence-corrected chi connectivity index (χ1v) is 7.54. The number of hydrogen-bond acceptors (Lipinski definition) is 4. The van der Waals surface area contributed by atoms with Gasteiger partial charge < -0.3 is 14.8 Å². The largest absolute Gasteiger partial charge is 0.479 e. The first kappa shape index (κ1) is 18.8. The van der Waals surface area contributed by atoms with Gasteiger partial charge in [0, 0.05) is 24.7 Å². The SMILES string of the molecule is COCCNC(=S)NNC(=O)C(C)Oc1cc(Cl)ccc1Cl. The fraction of sp³-hybridized carbons (Fsp3) is 0.385. The molecule has 0 bridgehead atoms. The van der Waals surface area contributed by atoms with Gasteiger partial charge in [0.05, 0.1) is 11.6 Å². The van der Waals surface area contributed by atoms with Gasteiger partial charge in [-0.1, -0.05) is 23.2 Å². The maximum absolute atomic E-state index is 11.9. The second-order valence-corrected chi connectivity index (χ2v) is 5.45. The lowest BCUT2D eigenvalue weighted by atomic mass is 10.3. The zero-order chi connectivity index (χ0) is 16.5. The fourth-order valence-corrected chi connectivity index (χ4v) is 1.82. The highest BCUT2D eigenvalue weighted by atomic mass is 35.5. The van der Waals surface area contributed by atoms with Gasteiger partial charge in [-0.05, 0) is 31.3 Å². The molecule has 0 aliphatic heterocycles. The molecule has 122 valence electrons. The highest BCUT2D eigenvalue weighted by molar-refractivity contribution is 7.80. The van der Waals surface area contributed by atoms with E-state index in [-0.39, 0.29) is 5.11 Å². The second-order valence-electron chi connectivity index (χ2n) is 4.20. The first-order valence-electron chi connectivity index (χ1n) is 6.38. The molecule has 3 N–H and O–H groups in total. The van der Waals surface area contributed by atoms with Crippen LogP contribution in [0.25, 0.3) is 0 Å². The molecule has 0 aromatic heterocycles. The number of rotatable bonds is 6. The number of halogens is 2. The van der Waals surface area contributed by atoms with Crippen molar-refractivity contribution in [1.29, 1.82) is 0 Å². The molecular formula is C13H17Cl2N3O3S. The summed E-state index contributed by atoms with van der Waals surface area (Å²) in [6, 6.07) is 4.77. The van der Waals surface area contributed by atoms with Crippen LogP contribution in [0.4, 0.5) is 0 Å². The Bertz CT molecular complexity index is 531. The summed E-state index contributed by atoms with van der Waals surface area (Å²) in [4.78, 5) is 11.9. The quantitative estimate of drug-likeness (QED) is 0.406. The number of hydrazine groups is 1. The van der Waals surface area contributed by atoms with Crippen molar-refractivity contribution in [3.8, 4) is 5.75 Å². The van der Waals surface area contributed by atoms with E-state index < -0.39 is 12.0 Å². The van der Waals surface area contributed by atoms with E-state index in [0.29, 0.717) is 28.9 Å². The number of amides is 1. The van der Waals surface area contributed by atoms with Crippen molar-refractivity contribution in [3.63, 3.8) is 0 Å². The standard InChI is InChI=1S/C13H17Cl2N3O3S/c1-8(21-11-7-9(14)3-4-10(11)15)12(19)17-18-13(22)16-5-6-20-2/h3-4,7-8H,5-6H2,1-2H3,(H,17,19)(H2,16,18,22). The molecule has 0 spiro atoms. The number of thiocarbonyl (C=S) groups is 1. The molecule has 0 heterocycles. The van der Waals surface area contributed by atoms with E-state index in [1.54, 1.807) is 26.2 Å². The fourth-order valence-electron chi connectivity index (χ4n) is 1.34. The monoisotopic (exact) mass is 365 g/mol. The minimum Gasteiger partial charge on any atom is -0.479 e. The maximum atomic E-state index is 11.9. The first-order chi connectivity index (χ1) is 10.4. The van der Waals surface area contributed by atoms with Crippen molar-refractivity contribution in [2.75, 3.05) is 20.3 Å². The molecular weight excluding hydrogens is 349 g/mol. The molecule has 1 amide bonds. The predicted molar refractivity (Wildman–Crippen MR) is 90.3 cm³/mol. The van der Waals surface area contributed by atoms with Crippen LogP contribution >= 0.6 is 35.4 Å². The highest BCUT2D eigenvalue weighted by Gasteiger charge is 2.16. The number of carbonyl (C=O) groups excluding carboxylic acids is 1. The lowest BCUT2D eigenvalue weighted by Gasteiger charge is -2.17. The minimum atomic E-state index is -0.787. The van der Waals surface area contributed by atoms with E-state index in [1.165, 1.54) is 6.07 Å². The van der Waals surface area contributed by atoms with Crippen molar-refractivity contribution < 1.29 is 14.3 Å². The van der Waals surface area contributed by atoms with Crippen LogP contribution < -0.4 is 20.9 Å². The molecule has 1 aromatic carbocycles. The van der Waals surface area contributed by atoms with E-state index in [4.69, 9.17) is 44.9 Å². The summed E-state index contributed by atoms with van der Waals surface area (Å²) in [5, 5.41) is 3.96. The van der Waals surface area contributed by atoms with Crippen LogP contribution in [-0.4, -0.2) is 37.4 Å². The van der Waals surface area contributed by atoms with Crippen molar-refractivity contribution in [2.24, 2.45) is 0 Å². The second kappa shape index (κ2) is 9.68. The minimum absolute atomic E-state index is 0.276. The van der Waals surface area contributed by atoms with E-state index in [2.05, 4.69) is 16.2 Å². The molecule has 0 saturated carbocycles. The third kappa shape index (κ3) is 6.65. The maximum Gasteiger partial charge on any atom is 0.279 e. The summed E-state index contributed by atoms with van der Waals surface area (Å²) >= 11 is 16.8. The number of hydrogen-bond donors (Lipinski definition) is 3. The summed E-state index contributed by atoms with van der Waals surface area (Å²) in [5.74, 6) is -0.0791. The number of carbonyl (C=O) groups is 1. The molecule has 0 radical (unpaired) electrons. The average molecular weight is 366 g/mol. The van der Waals surface area contributed by atoms with Crippen LogP contribution in [0, 0.1) is 0 Å². The van der Waals surface area contributed by atoms with Gasteiger partial charge >= 0.3 is 0 Å². The van der Waals surface area contributed by atoms with Gasteiger partial charge in [0.15, 0.2) is 11.2 Å². The number of ether oxygens (including phenoxy) is 2. The van der Waals surface area contributed by atoms with Crippen molar-refractivity contribution in [2.45, 2.75) is 13.0 Å². The van der Waals surface area contributed by atoms with Gasteiger partial charge in [0.25, 0.3) is 5.91 Å². The number of methoxy groups -OCH3 is 1. The predicted octanol–water partition coefficient (Wildman–Crippen LogP) is 1.90. The Labute approximate surface area is 144 Å². The Kier molecular flexibility index (Phi) is 8.26. The summed E-state index contributed by atoms with van der Waals surface area (Å²) in [5.41, 5.74) is 4.99. The van der Waals surface area contributed by atoms with Crippen molar-refractivity contribution >= 4 is 46.4 Å². The van der Waals surface area contributed by atoms with Gasteiger partial charge in [-0.15, -0.1) is 0 Å². The molecule has 9 heteroatoms. The van der Waals surface area contributed by atoms with Crippen molar-refractivity contribution in [1.82, 2.24) is 16.2 Å². The summed E-state index contributed by atoms with van der Waals surface area (Å²) in [6.45, 7) is 2.61. The van der Waals surface area contributed by atoms with Crippen LogP contribution in [-0.2, 0) is 9.53 Å². The third-order valence-electron chi connectivity index (χ3n) is 2.46. The Morgan fingerprint density at radius 2 is 2.09 bits per heavy atom. The van der Waals surface area contributed by atoms with Crippen LogP contribution in [0.5, 0.6) is 5.75 Å². The van der Waals surface area contributed by atoms with E-state index in [9.17, 15) is 4.79 Å². The smallest absolute Gasteiger partial charge is 0.279 e. The molecule has 1 unspecified atom stereocenters. The molecule has 22 heavy (non-hydrogen) atoms. The van der Waals surface area contributed by atoms with E-state index >= 15 is 0 Å². The highest BCUT2D eigenvalue weighted by Crippen LogP contribution is 2.28. The van der Waals surface area contributed by atoms with Crippen LogP contribution in [0.15, 0.2) is 18.2 Å². The Hall–Kier alpha value is -1.28. The molecule has 0 fully saturated rings. The normalized spacial score (nSPS) is 11.5. The zero-order valence-corrected chi connectivity index (χ0v) is 14.4. The molecule has 0 aliphatic rings. The van der Waals surface area contributed by atoms with Gasteiger partial charge in [0.2, 0.25) is 0 Å².